The maximum atomic E-state index is 12.3. The molecule has 0 atom stereocenters. The highest BCUT2D eigenvalue weighted by atomic mass is 35.5. The first kappa shape index (κ1) is 12.6. The number of nitrogens with zero attached hydrogens (tertiary/aromatic N) is 1. The fourth-order valence-corrected chi connectivity index (χ4v) is 3.22. The predicted molar refractivity (Wildman–Crippen MR) is 84.7 cm³/mol. The van der Waals surface area contributed by atoms with E-state index in [1.807, 2.05) is 48.7 Å². The lowest BCUT2D eigenvalue weighted by molar-refractivity contribution is 0.0920. The number of hydrogen-bond acceptors (Lipinski definition) is 2. The molecule has 4 rings (SSSR count). The predicted octanol–water partition coefficient (Wildman–Crippen LogP) is 3.71. The highest BCUT2D eigenvalue weighted by Gasteiger charge is 2.20. The van der Waals surface area contributed by atoms with Gasteiger partial charge in [-0.15, -0.1) is 0 Å². The minimum absolute atomic E-state index is 0.0586. The van der Waals surface area contributed by atoms with Crippen LogP contribution in [0.5, 0.6) is 0 Å². The van der Waals surface area contributed by atoms with Gasteiger partial charge in [-0.25, -0.2) is 0 Å². The van der Waals surface area contributed by atoms with Crippen molar-refractivity contribution in [2.75, 3.05) is 6.54 Å². The number of aromatic nitrogens is 1. The van der Waals surface area contributed by atoms with Gasteiger partial charge in [0.05, 0.1) is 12.1 Å². The van der Waals surface area contributed by atoms with E-state index in [1.165, 1.54) is 0 Å². The first-order valence-electron chi connectivity index (χ1n) is 6.87. The quantitative estimate of drug-likeness (QED) is 0.743. The minimum atomic E-state index is 0.0586. The number of benzene rings is 2. The Labute approximate surface area is 127 Å². The molecule has 1 aliphatic heterocycles. The van der Waals surface area contributed by atoms with Gasteiger partial charge in [-0.1, -0.05) is 41.9 Å². The summed E-state index contributed by atoms with van der Waals surface area (Å²) in [5, 5.41) is 4.87. The Morgan fingerprint density at radius 2 is 1.90 bits per heavy atom. The van der Waals surface area contributed by atoms with E-state index in [-0.39, 0.29) is 5.91 Å². The topological polar surface area (TPSA) is 34.0 Å². The van der Waals surface area contributed by atoms with Gasteiger partial charge in [0.2, 0.25) is 5.91 Å². The molecular weight excluding hydrogens is 284 g/mol. The molecule has 0 unspecified atom stereocenters. The van der Waals surface area contributed by atoms with Crippen molar-refractivity contribution in [3.63, 3.8) is 0 Å². The van der Waals surface area contributed by atoms with E-state index in [0.29, 0.717) is 18.1 Å². The number of nitrogens with one attached hydrogen (secondary N) is 1. The minimum Gasteiger partial charge on any atom is -0.304 e. The van der Waals surface area contributed by atoms with Crippen LogP contribution in [0.4, 0.5) is 0 Å². The molecule has 1 aliphatic rings. The molecule has 0 aliphatic carbocycles. The zero-order chi connectivity index (χ0) is 14.4. The van der Waals surface area contributed by atoms with Gasteiger partial charge in [-0.3, -0.25) is 9.36 Å². The molecule has 0 saturated carbocycles. The van der Waals surface area contributed by atoms with Gasteiger partial charge in [0.1, 0.15) is 0 Å². The highest BCUT2D eigenvalue weighted by molar-refractivity contribution is 6.31. The SMILES string of the molecule is O=C1CNCc2cc(Cl)cc3c(-c4ccccc4)cn1c23. The van der Waals surface area contributed by atoms with E-state index >= 15 is 0 Å². The normalized spacial score (nSPS) is 14.4. The molecule has 1 aromatic heterocycles. The molecule has 0 saturated heterocycles. The van der Waals surface area contributed by atoms with Gasteiger partial charge < -0.3 is 5.32 Å². The molecule has 2 aromatic carbocycles. The van der Waals surface area contributed by atoms with Gasteiger partial charge in [-0.05, 0) is 23.3 Å². The largest absolute Gasteiger partial charge is 0.304 e. The molecule has 0 bridgehead atoms. The van der Waals surface area contributed by atoms with Crippen LogP contribution in [0.2, 0.25) is 5.02 Å². The number of carbonyl (C=O) groups is 1. The lowest BCUT2D eigenvalue weighted by Gasteiger charge is -2.04. The van der Waals surface area contributed by atoms with Crippen molar-refractivity contribution in [3.05, 3.63) is 59.2 Å². The second-order valence-corrected chi connectivity index (χ2v) is 5.67. The molecular formula is C17H13ClN2O. The Bertz CT molecular complexity index is 852. The Morgan fingerprint density at radius 3 is 2.71 bits per heavy atom. The lowest BCUT2D eigenvalue weighted by Crippen LogP contribution is -2.23. The average molecular weight is 297 g/mol. The summed E-state index contributed by atoms with van der Waals surface area (Å²) in [6.07, 6.45) is 1.93. The molecule has 4 heteroatoms. The molecule has 0 amide bonds. The number of rotatable bonds is 1. The van der Waals surface area contributed by atoms with E-state index in [0.717, 1.165) is 27.6 Å². The summed E-state index contributed by atoms with van der Waals surface area (Å²) >= 11 is 6.26. The van der Waals surface area contributed by atoms with Crippen LogP contribution in [0.15, 0.2) is 48.7 Å². The molecule has 0 spiro atoms. The third-order valence-electron chi connectivity index (χ3n) is 3.89. The molecule has 21 heavy (non-hydrogen) atoms. The van der Waals surface area contributed by atoms with Gasteiger partial charge in [-0.2, -0.15) is 0 Å². The van der Waals surface area contributed by atoms with Crippen LogP contribution in [0.25, 0.3) is 22.0 Å². The lowest BCUT2D eigenvalue weighted by atomic mass is 10.0. The maximum absolute atomic E-state index is 12.3. The fraction of sp³-hybridized carbons (Fsp3) is 0.118. The standard InChI is InChI=1S/C17H13ClN2O/c18-13-6-12-8-19-9-16(21)20-10-15(14(7-13)17(12)20)11-4-2-1-3-5-11/h1-7,10,19H,8-9H2. The number of hydrogen-bond donors (Lipinski definition) is 1. The molecule has 0 radical (unpaired) electrons. The number of carbonyl (C=O) groups excluding carboxylic acids is 1. The summed E-state index contributed by atoms with van der Waals surface area (Å²) in [5.74, 6) is 0.0586. The van der Waals surface area contributed by atoms with Crippen LogP contribution in [0.3, 0.4) is 0 Å². The van der Waals surface area contributed by atoms with Crippen LogP contribution in [-0.4, -0.2) is 17.0 Å². The van der Waals surface area contributed by atoms with E-state index in [1.54, 1.807) is 4.57 Å². The van der Waals surface area contributed by atoms with Crippen molar-refractivity contribution in [1.82, 2.24) is 9.88 Å². The molecule has 104 valence electrons. The molecule has 3 nitrogen and oxygen atoms in total. The van der Waals surface area contributed by atoms with Crippen LogP contribution in [0, 0.1) is 0 Å². The first-order valence-corrected chi connectivity index (χ1v) is 7.24. The van der Waals surface area contributed by atoms with Crippen molar-refractivity contribution in [1.29, 1.82) is 0 Å². The Balaban J connectivity index is 2.11. The smallest absolute Gasteiger partial charge is 0.245 e. The maximum Gasteiger partial charge on any atom is 0.245 e. The van der Waals surface area contributed by atoms with Crippen LogP contribution >= 0.6 is 11.6 Å². The first-order chi connectivity index (χ1) is 10.2. The second kappa shape index (κ2) is 4.72. The van der Waals surface area contributed by atoms with Crippen molar-refractivity contribution in [2.45, 2.75) is 6.54 Å². The zero-order valence-corrected chi connectivity index (χ0v) is 12.0. The fourth-order valence-electron chi connectivity index (χ4n) is 2.98. The van der Waals surface area contributed by atoms with Crippen LogP contribution < -0.4 is 5.32 Å². The summed E-state index contributed by atoms with van der Waals surface area (Å²) in [6.45, 7) is 0.991. The van der Waals surface area contributed by atoms with Crippen molar-refractivity contribution in [2.24, 2.45) is 0 Å². The Hall–Kier alpha value is -2.10. The van der Waals surface area contributed by atoms with Gasteiger partial charge in [0.15, 0.2) is 0 Å². The zero-order valence-electron chi connectivity index (χ0n) is 11.3. The summed E-state index contributed by atoms with van der Waals surface area (Å²) in [4.78, 5) is 12.3. The van der Waals surface area contributed by atoms with E-state index in [9.17, 15) is 4.79 Å². The molecule has 1 N–H and O–H groups in total. The summed E-state index contributed by atoms with van der Waals surface area (Å²) in [5.41, 5.74) is 4.17. The summed E-state index contributed by atoms with van der Waals surface area (Å²) in [6, 6.07) is 14.0. The monoisotopic (exact) mass is 296 g/mol. The molecule has 0 fully saturated rings. The highest BCUT2D eigenvalue weighted by Crippen LogP contribution is 2.35. The van der Waals surface area contributed by atoms with E-state index < -0.39 is 0 Å². The average Bonchev–Trinajstić information content (AvgIpc) is 2.79. The molecule has 2 heterocycles. The van der Waals surface area contributed by atoms with Gasteiger partial charge >= 0.3 is 0 Å². The Kier molecular flexibility index (Phi) is 2.84. The van der Waals surface area contributed by atoms with Gasteiger partial charge in [0, 0.05) is 28.7 Å². The van der Waals surface area contributed by atoms with Crippen LogP contribution in [-0.2, 0) is 6.54 Å². The van der Waals surface area contributed by atoms with Crippen molar-refractivity contribution >= 4 is 28.4 Å². The number of halogens is 1. The molecule has 3 aromatic rings. The van der Waals surface area contributed by atoms with E-state index in [4.69, 9.17) is 11.6 Å². The van der Waals surface area contributed by atoms with Crippen LogP contribution in [0.1, 0.15) is 10.4 Å². The Morgan fingerprint density at radius 1 is 1.10 bits per heavy atom. The third-order valence-corrected chi connectivity index (χ3v) is 4.11. The second-order valence-electron chi connectivity index (χ2n) is 5.24. The summed E-state index contributed by atoms with van der Waals surface area (Å²) in [7, 11) is 0. The van der Waals surface area contributed by atoms with Crippen molar-refractivity contribution in [3.8, 4) is 11.1 Å². The summed E-state index contributed by atoms with van der Waals surface area (Å²) < 4.78 is 1.75. The van der Waals surface area contributed by atoms with Gasteiger partial charge in [0.25, 0.3) is 0 Å². The third kappa shape index (κ3) is 1.97. The van der Waals surface area contributed by atoms with Crippen molar-refractivity contribution < 1.29 is 4.79 Å². The van der Waals surface area contributed by atoms with E-state index in [2.05, 4.69) is 5.32 Å².